The van der Waals surface area contributed by atoms with Gasteiger partial charge in [0.25, 0.3) is 0 Å². The minimum absolute atomic E-state index is 0.776. The van der Waals surface area contributed by atoms with Crippen molar-refractivity contribution in [1.29, 1.82) is 0 Å². The SMILES string of the molecule is Cc1ncsc1CCCCCl. The van der Waals surface area contributed by atoms with E-state index in [1.54, 1.807) is 11.3 Å². The van der Waals surface area contributed by atoms with Crippen molar-refractivity contribution in [3.05, 3.63) is 16.1 Å². The molecular weight excluding hydrogens is 178 g/mol. The first kappa shape index (κ1) is 9.01. The number of thiazole rings is 1. The summed E-state index contributed by atoms with van der Waals surface area (Å²) in [6.07, 6.45) is 3.44. The molecule has 1 rings (SSSR count). The molecule has 1 heterocycles. The normalized spacial score (nSPS) is 10.4. The number of halogens is 1. The van der Waals surface area contributed by atoms with Crippen molar-refractivity contribution < 1.29 is 0 Å². The Hall–Kier alpha value is -0.0800. The van der Waals surface area contributed by atoms with E-state index < -0.39 is 0 Å². The van der Waals surface area contributed by atoms with E-state index in [9.17, 15) is 0 Å². The molecular formula is C8H12ClNS. The Morgan fingerprint density at radius 3 is 2.91 bits per heavy atom. The van der Waals surface area contributed by atoms with Crippen molar-refractivity contribution in [2.75, 3.05) is 5.88 Å². The summed E-state index contributed by atoms with van der Waals surface area (Å²) in [6.45, 7) is 2.06. The van der Waals surface area contributed by atoms with Crippen molar-refractivity contribution in [3.8, 4) is 0 Å². The number of hydrogen-bond acceptors (Lipinski definition) is 2. The van der Waals surface area contributed by atoms with Crippen LogP contribution in [0.3, 0.4) is 0 Å². The van der Waals surface area contributed by atoms with Gasteiger partial charge in [-0.05, 0) is 26.2 Å². The Kier molecular flexibility index (Phi) is 3.87. The third kappa shape index (κ3) is 2.80. The van der Waals surface area contributed by atoms with Crippen LogP contribution in [0.1, 0.15) is 23.4 Å². The quantitative estimate of drug-likeness (QED) is 0.524. The fourth-order valence-corrected chi connectivity index (χ4v) is 1.96. The summed E-state index contributed by atoms with van der Waals surface area (Å²) in [4.78, 5) is 5.59. The Balaban J connectivity index is 2.32. The summed E-state index contributed by atoms with van der Waals surface area (Å²) in [5, 5.41) is 0. The number of hydrogen-bond donors (Lipinski definition) is 0. The number of nitrogens with zero attached hydrogens (tertiary/aromatic N) is 1. The highest BCUT2D eigenvalue weighted by atomic mass is 35.5. The molecule has 0 aliphatic heterocycles. The highest BCUT2D eigenvalue weighted by molar-refractivity contribution is 7.09. The standard InChI is InChI=1S/C8H12ClNS/c1-7-8(11-6-10-7)4-2-3-5-9/h6H,2-5H2,1H3. The molecule has 0 aromatic carbocycles. The molecule has 0 N–H and O–H groups in total. The van der Waals surface area contributed by atoms with Gasteiger partial charge in [0.2, 0.25) is 0 Å². The van der Waals surface area contributed by atoms with Gasteiger partial charge in [0.15, 0.2) is 0 Å². The van der Waals surface area contributed by atoms with Crippen molar-refractivity contribution in [3.63, 3.8) is 0 Å². The number of rotatable bonds is 4. The molecule has 0 amide bonds. The molecule has 0 saturated heterocycles. The zero-order valence-corrected chi connectivity index (χ0v) is 8.21. The van der Waals surface area contributed by atoms with Gasteiger partial charge in [0.05, 0.1) is 11.2 Å². The predicted octanol–water partition coefficient (Wildman–Crippen LogP) is 3.01. The van der Waals surface area contributed by atoms with Crippen LogP contribution in [-0.4, -0.2) is 10.9 Å². The average molecular weight is 190 g/mol. The van der Waals surface area contributed by atoms with E-state index >= 15 is 0 Å². The first-order valence-electron chi connectivity index (χ1n) is 3.79. The minimum Gasteiger partial charge on any atom is -0.250 e. The fourth-order valence-electron chi connectivity index (χ4n) is 0.946. The summed E-state index contributed by atoms with van der Waals surface area (Å²) in [5.74, 6) is 0.776. The smallest absolute Gasteiger partial charge is 0.0797 e. The Morgan fingerprint density at radius 2 is 2.36 bits per heavy atom. The molecule has 0 radical (unpaired) electrons. The maximum absolute atomic E-state index is 5.57. The molecule has 11 heavy (non-hydrogen) atoms. The second kappa shape index (κ2) is 4.73. The summed E-state index contributed by atoms with van der Waals surface area (Å²) in [6, 6.07) is 0. The molecule has 0 aliphatic carbocycles. The predicted molar refractivity (Wildman–Crippen MR) is 50.5 cm³/mol. The van der Waals surface area contributed by atoms with Gasteiger partial charge >= 0.3 is 0 Å². The van der Waals surface area contributed by atoms with Gasteiger partial charge in [-0.1, -0.05) is 0 Å². The second-order valence-electron chi connectivity index (χ2n) is 2.51. The molecule has 3 heteroatoms. The summed E-state index contributed by atoms with van der Waals surface area (Å²) < 4.78 is 0. The lowest BCUT2D eigenvalue weighted by Crippen LogP contribution is -1.85. The first-order chi connectivity index (χ1) is 5.34. The van der Waals surface area contributed by atoms with E-state index in [1.807, 2.05) is 5.51 Å². The molecule has 0 bridgehead atoms. The zero-order chi connectivity index (χ0) is 8.10. The highest BCUT2D eigenvalue weighted by Crippen LogP contribution is 2.14. The third-order valence-electron chi connectivity index (χ3n) is 1.63. The molecule has 0 aliphatic rings. The number of aromatic nitrogens is 1. The fraction of sp³-hybridized carbons (Fsp3) is 0.625. The van der Waals surface area contributed by atoms with E-state index in [2.05, 4.69) is 11.9 Å². The van der Waals surface area contributed by atoms with Crippen LogP contribution in [0.2, 0.25) is 0 Å². The average Bonchev–Trinajstić information content (AvgIpc) is 2.37. The second-order valence-corrected chi connectivity index (χ2v) is 3.82. The third-order valence-corrected chi connectivity index (χ3v) is 2.89. The lowest BCUT2D eigenvalue weighted by Gasteiger charge is -1.95. The lowest BCUT2D eigenvalue weighted by molar-refractivity contribution is 0.803. The van der Waals surface area contributed by atoms with Crippen molar-refractivity contribution in [2.45, 2.75) is 26.2 Å². The molecule has 0 atom stereocenters. The van der Waals surface area contributed by atoms with Crippen molar-refractivity contribution in [1.82, 2.24) is 4.98 Å². The molecule has 1 aromatic heterocycles. The number of alkyl halides is 1. The molecule has 1 aromatic rings. The van der Waals surface area contributed by atoms with Gasteiger partial charge in [0, 0.05) is 10.8 Å². The van der Waals surface area contributed by atoms with E-state index in [4.69, 9.17) is 11.6 Å². The summed E-state index contributed by atoms with van der Waals surface area (Å²) in [7, 11) is 0. The van der Waals surface area contributed by atoms with E-state index in [0.717, 1.165) is 18.7 Å². The van der Waals surface area contributed by atoms with E-state index in [-0.39, 0.29) is 0 Å². The van der Waals surface area contributed by atoms with E-state index in [0.29, 0.717) is 0 Å². The van der Waals surface area contributed by atoms with Crippen LogP contribution in [0.15, 0.2) is 5.51 Å². The van der Waals surface area contributed by atoms with Gasteiger partial charge < -0.3 is 0 Å². The van der Waals surface area contributed by atoms with E-state index in [1.165, 1.54) is 17.0 Å². The summed E-state index contributed by atoms with van der Waals surface area (Å²) >= 11 is 7.32. The number of aryl methyl sites for hydroxylation is 2. The number of unbranched alkanes of at least 4 members (excludes halogenated alkanes) is 1. The summed E-state index contributed by atoms with van der Waals surface area (Å²) in [5.41, 5.74) is 3.09. The molecule has 0 saturated carbocycles. The molecule has 0 unspecified atom stereocenters. The van der Waals surface area contributed by atoms with Crippen molar-refractivity contribution in [2.24, 2.45) is 0 Å². The van der Waals surface area contributed by atoms with Gasteiger partial charge in [-0.2, -0.15) is 0 Å². The maximum atomic E-state index is 5.57. The molecule has 0 fully saturated rings. The first-order valence-corrected chi connectivity index (χ1v) is 5.21. The zero-order valence-electron chi connectivity index (χ0n) is 6.64. The van der Waals surface area contributed by atoms with Gasteiger partial charge in [0.1, 0.15) is 0 Å². The minimum atomic E-state index is 0.776. The molecule has 0 spiro atoms. The van der Waals surface area contributed by atoms with Crippen LogP contribution in [0, 0.1) is 6.92 Å². The van der Waals surface area contributed by atoms with Crippen LogP contribution in [-0.2, 0) is 6.42 Å². The largest absolute Gasteiger partial charge is 0.250 e. The highest BCUT2D eigenvalue weighted by Gasteiger charge is 1.99. The topological polar surface area (TPSA) is 12.9 Å². The van der Waals surface area contributed by atoms with Gasteiger partial charge in [-0.15, -0.1) is 22.9 Å². The van der Waals surface area contributed by atoms with Crippen molar-refractivity contribution >= 4 is 22.9 Å². The van der Waals surface area contributed by atoms with Crippen LogP contribution in [0.25, 0.3) is 0 Å². The monoisotopic (exact) mass is 189 g/mol. The van der Waals surface area contributed by atoms with Crippen LogP contribution in [0.4, 0.5) is 0 Å². The lowest BCUT2D eigenvalue weighted by atomic mass is 10.2. The Morgan fingerprint density at radius 1 is 1.55 bits per heavy atom. The Labute approximate surface area is 76.4 Å². The molecule has 1 nitrogen and oxygen atoms in total. The Bertz CT molecular complexity index is 210. The van der Waals surface area contributed by atoms with Gasteiger partial charge in [-0.25, -0.2) is 4.98 Å². The maximum Gasteiger partial charge on any atom is 0.0797 e. The van der Waals surface area contributed by atoms with Crippen LogP contribution in [0.5, 0.6) is 0 Å². The molecule has 62 valence electrons. The van der Waals surface area contributed by atoms with Crippen LogP contribution < -0.4 is 0 Å². The van der Waals surface area contributed by atoms with Crippen LogP contribution >= 0.6 is 22.9 Å². The van der Waals surface area contributed by atoms with Gasteiger partial charge in [-0.3, -0.25) is 0 Å².